The van der Waals surface area contributed by atoms with Crippen LogP contribution < -0.4 is 5.32 Å². The lowest BCUT2D eigenvalue weighted by Crippen LogP contribution is -2.40. The molecule has 0 radical (unpaired) electrons. The Balaban J connectivity index is 2.04. The Hall–Kier alpha value is -1.27. The molecule has 2 N–H and O–H groups in total. The fraction of sp³-hybridized carbons (Fsp3) is 0.462. The minimum atomic E-state index is -0.342. The quantitative estimate of drug-likeness (QED) is 0.839. The third kappa shape index (κ3) is 3.19. The molecule has 0 aliphatic carbocycles. The molecule has 1 atom stereocenters. The van der Waals surface area contributed by atoms with Crippen molar-refractivity contribution in [3.63, 3.8) is 0 Å². The summed E-state index contributed by atoms with van der Waals surface area (Å²) in [7, 11) is 0. The number of rotatable bonds is 3. The number of benzene rings is 1. The monoisotopic (exact) mass is 284 g/mol. The summed E-state index contributed by atoms with van der Waals surface area (Å²) in [5, 5.41) is 11.8. The SMILES string of the molecule is CSc1ccc(NC(=O)N2CCCC2CO)cc1F. The van der Waals surface area contributed by atoms with Gasteiger partial charge in [-0.25, -0.2) is 9.18 Å². The Labute approximate surface area is 116 Å². The van der Waals surface area contributed by atoms with Crippen molar-refractivity contribution >= 4 is 23.5 Å². The number of aliphatic hydroxyl groups is 1. The summed E-state index contributed by atoms with van der Waals surface area (Å²) in [6.45, 7) is 0.593. The maximum atomic E-state index is 13.6. The summed E-state index contributed by atoms with van der Waals surface area (Å²) in [6, 6.07) is 4.22. The molecule has 1 aromatic carbocycles. The van der Waals surface area contributed by atoms with Gasteiger partial charge < -0.3 is 15.3 Å². The zero-order valence-corrected chi connectivity index (χ0v) is 11.5. The number of nitrogens with one attached hydrogen (secondary N) is 1. The number of hydrogen-bond acceptors (Lipinski definition) is 3. The topological polar surface area (TPSA) is 52.6 Å². The second-order valence-corrected chi connectivity index (χ2v) is 5.30. The number of carbonyl (C=O) groups excluding carboxylic acids is 1. The van der Waals surface area contributed by atoms with Gasteiger partial charge in [-0.15, -0.1) is 11.8 Å². The summed E-state index contributed by atoms with van der Waals surface area (Å²) in [4.78, 5) is 14.2. The van der Waals surface area contributed by atoms with E-state index in [-0.39, 0.29) is 24.5 Å². The summed E-state index contributed by atoms with van der Waals surface area (Å²) < 4.78 is 13.6. The number of likely N-dealkylation sites (tertiary alicyclic amines) is 1. The third-order valence-corrected chi connectivity index (χ3v) is 4.02. The van der Waals surface area contributed by atoms with E-state index in [0.29, 0.717) is 17.1 Å². The zero-order valence-electron chi connectivity index (χ0n) is 10.7. The molecule has 0 saturated carbocycles. The molecular formula is C13H17FN2O2S. The van der Waals surface area contributed by atoms with Gasteiger partial charge in [0.2, 0.25) is 0 Å². The van der Waals surface area contributed by atoms with Gasteiger partial charge in [-0.1, -0.05) is 0 Å². The molecule has 104 valence electrons. The van der Waals surface area contributed by atoms with Gasteiger partial charge in [0.15, 0.2) is 0 Å². The van der Waals surface area contributed by atoms with E-state index in [1.165, 1.54) is 17.8 Å². The van der Waals surface area contributed by atoms with Crippen LogP contribution in [0.1, 0.15) is 12.8 Å². The number of thioether (sulfide) groups is 1. The lowest BCUT2D eigenvalue weighted by molar-refractivity contribution is 0.166. The van der Waals surface area contributed by atoms with Crippen molar-refractivity contribution in [2.75, 3.05) is 24.7 Å². The van der Waals surface area contributed by atoms with Crippen LogP contribution in [-0.4, -0.2) is 41.5 Å². The molecule has 1 aromatic rings. The van der Waals surface area contributed by atoms with E-state index in [9.17, 15) is 14.3 Å². The van der Waals surface area contributed by atoms with Crippen molar-refractivity contribution in [2.45, 2.75) is 23.8 Å². The molecule has 0 bridgehead atoms. The van der Waals surface area contributed by atoms with Crippen LogP contribution in [-0.2, 0) is 0 Å². The molecule has 1 heterocycles. The van der Waals surface area contributed by atoms with Gasteiger partial charge in [0, 0.05) is 17.1 Å². The average molecular weight is 284 g/mol. The summed E-state index contributed by atoms with van der Waals surface area (Å²) >= 11 is 1.32. The van der Waals surface area contributed by atoms with Crippen molar-refractivity contribution < 1.29 is 14.3 Å². The van der Waals surface area contributed by atoms with Crippen LogP contribution in [0, 0.1) is 5.82 Å². The Morgan fingerprint density at radius 2 is 2.42 bits per heavy atom. The fourth-order valence-corrected chi connectivity index (χ4v) is 2.69. The standard InChI is InChI=1S/C13H17FN2O2S/c1-19-12-5-4-9(7-11(12)14)15-13(18)16-6-2-3-10(16)8-17/h4-5,7,10,17H,2-3,6,8H2,1H3,(H,15,18). The van der Waals surface area contributed by atoms with Crippen molar-refractivity contribution in [3.05, 3.63) is 24.0 Å². The highest BCUT2D eigenvalue weighted by Crippen LogP contribution is 2.23. The van der Waals surface area contributed by atoms with E-state index >= 15 is 0 Å². The highest BCUT2D eigenvalue weighted by Gasteiger charge is 2.28. The minimum Gasteiger partial charge on any atom is -0.394 e. The Morgan fingerprint density at radius 3 is 3.05 bits per heavy atom. The zero-order chi connectivity index (χ0) is 13.8. The van der Waals surface area contributed by atoms with Gasteiger partial charge in [-0.05, 0) is 37.3 Å². The summed E-state index contributed by atoms with van der Waals surface area (Å²) in [5.41, 5.74) is 0.434. The highest BCUT2D eigenvalue weighted by atomic mass is 32.2. The van der Waals surface area contributed by atoms with E-state index in [4.69, 9.17) is 0 Å². The first-order valence-corrected chi connectivity index (χ1v) is 7.40. The van der Waals surface area contributed by atoms with E-state index in [0.717, 1.165) is 12.8 Å². The van der Waals surface area contributed by atoms with Crippen molar-refractivity contribution in [3.8, 4) is 0 Å². The Bertz CT molecular complexity index is 470. The number of amides is 2. The van der Waals surface area contributed by atoms with Gasteiger partial charge in [0.1, 0.15) is 5.82 Å². The molecule has 0 aromatic heterocycles. The predicted octanol–water partition coefficient (Wildman–Crippen LogP) is 2.54. The molecule has 6 heteroatoms. The normalized spacial score (nSPS) is 18.7. The summed E-state index contributed by atoms with van der Waals surface area (Å²) in [6.07, 6.45) is 3.49. The largest absolute Gasteiger partial charge is 0.394 e. The Morgan fingerprint density at radius 1 is 1.63 bits per heavy atom. The van der Waals surface area contributed by atoms with Crippen molar-refractivity contribution in [1.82, 2.24) is 4.90 Å². The number of anilines is 1. The van der Waals surface area contributed by atoms with E-state index in [1.807, 2.05) is 0 Å². The maximum Gasteiger partial charge on any atom is 0.322 e. The van der Waals surface area contributed by atoms with Gasteiger partial charge in [0.05, 0.1) is 12.6 Å². The Kier molecular flexibility index (Phi) is 4.66. The van der Waals surface area contributed by atoms with Crippen LogP contribution in [0.25, 0.3) is 0 Å². The second-order valence-electron chi connectivity index (χ2n) is 4.45. The van der Waals surface area contributed by atoms with Crippen LogP contribution in [0.5, 0.6) is 0 Å². The minimum absolute atomic E-state index is 0.0345. The van der Waals surface area contributed by atoms with Crippen molar-refractivity contribution in [2.24, 2.45) is 0 Å². The van der Waals surface area contributed by atoms with Gasteiger partial charge in [-0.3, -0.25) is 0 Å². The number of nitrogens with zero attached hydrogens (tertiary/aromatic N) is 1. The van der Waals surface area contributed by atoms with E-state index < -0.39 is 0 Å². The van der Waals surface area contributed by atoms with Crippen LogP contribution in [0.15, 0.2) is 23.1 Å². The fourth-order valence-electron chi connectivity index (χ4n) is 2.23. The molecule has 2 rings (SSSR count). The molecule has 0 spiro atoms. The van der Waals surface area contributed by atoms with E-state index in [2.05, 4.69) is 5.32 Å². The second kappa shape index (κ2) is 6.25. The number of urea groups is 1. The van der Waals surface area contributed by atoms with Crippen LogP contribution in [0.3, 0.4) is 0 Å². The number of hydrogen-bond donors (Lipinski definition) is 2. The molecule has 1 fully saturated rings. The highest BCUT2D eigenvalue weighted by molar-refractivity contribution is 7.98. The van der Waals surface area contributed by atoms with E-state index in [1.54, 1.807) is 23.3 Å². The lowest BCUT2D eigenvalue weighted by atomic mass is 10.2. The smallest absolute Gasteiger partial charge is 0.322 e. The molecule has 2 amide bonds. The maximum absolute atomic E-state index is 13.6. The van der Waals surface area contributed by atoms with Crippen molar-refractivity contribution in [1.29, 1.82) is 0 Å². The first kappa shape index (κ1) is 14.1. The number of aliphatic hydroxyl groups excluding tert-OH is 1. The van der Waals surface area contributed by atoms with Crippen LogP contribution in [0.2, 0.25) is 0 Å². The molecular weight excluding hydrogens is 267 g/mol. The van der Waals surface area contributed by atoms with Crippen LogP contribution >= 0.6 is 11.8 Å². The predicted molar refractivity (Wildman–Crippen MR) is 74.0 cm³/mol. The number of halogens is 1. The average Bonchev–Trinajstić information content (AvgIpc) is 2.87. The molecule has 19 heavy (non-hydrogen) atoms. The molecule has 1 aliphatic rings. The van der Waals surface area contributed by atoms with Gasteiger partial charge in [-0.2, -0.15) is 0 Å². The third-order valence-electron chi connectivity index (χ3n) is 3.25. The first-order valence-electron chi connectivity index (χ1n) is 6.17. The molecule has 1 unspecified atom stereocenters. The molecule has 1 saturated heterocycles. The molecule has 4 nitrogen and oxygen atoms in total. The summed E-state index contributed by atoms with van der Waals surface area (Å²) in [5.74, 6) is -0.342. The first-order chi connectivity index (χ1) is 9.15. The molecule has 1 aliphatic heterocycles. The number of carbonyl (C=O) groups is 1. The lowest BCUT2D eigenvalue weighted by Gasteiger charge is -2.23. The van der Waals surface area contributed by atoms with Gasteiger partial charge in [0.25, 0.3) is 0 Å². The van der Waals surface area contributed by atoms with Gasteiger partial charge >= 0.3 is 6.03 Å². The van der Waals surface area contributed by atoms with Crippen LogP contribution in [0.4, 0.5) is 14.9 Å².